The first-order valence-electron chi connectivity index (χ1n) is 5.98. The van der Waals surface area contributed by atoms with E-state index in [9.17, 15) is 0 Å². The Bertz CT molecular complexity index is 561. The number of hydrogen-bond acceptors (Lipinski definition) is 7. The Hall–Kier alpha value is -1.22. The van der Waals surface area contributed by atoms with Crippen LogP contribution in [0.2, 0.25) is 0 Å². The molecule has 9 heteroatoms. The first-order valence-corrected chi connectivity index (χ1v) is 7.59. The van der Waals surface area contributed by atoms with Gasteiger partial charge in [-0.1, -0.05) is 12.8 Å². The van der Waals surface area contributed by atoms with Gasteiger partial charge in [-0.05, 0) is 51.0 Å². The molecule has 19 heavy (non-hydrogen) atoms. The highest BCUT2D eigenvalue weighted by molar-refractivity contribution is 9.10. The van der Waals surface area contributed by atoms with Crippen LogP contribution in [-0.4, -0.2) is 30.2 Å². The third kappa shape index (κ3) is 2.86. The molecule has 2 aromatic heterocycles. The minimum Gasteiger partial charge on any atom is -0.384 e. The average molecular weight is 342 g/mol. The number of nitrogens with zero attached hydrogens (tertiary/aromatic N) is 6. The smallest absolute Gasteiger partial charge is 0.217 e. The quantitative estimate of drug-likeness (QED) is 0.674. The fraction of sp³-hybridized carbons (Fsp3) is 0.500. The fourth-order valence-corrected chi connectivity index (χ4v) is 3.51. The molecule has 1 aliphatic carbocycles. The van der Waals surface area contributed by atoms with Gasteiger partial charge >= 0.3 is 0 Å². The lowest BCUT2D eigenvalue weighted by Crippen LogP contribution is -2.08. The van der Waals surface area contributed by atoms with Crippen LogP contribution in [0.4, 0.5) is 5.82 Å². The van der Waals surface area contributed by atoms with E-state index in [1.807, 2.05) is 4.68 Å². The average Bonchev–Trinajstić information content (AvgIpc) is 2.96. The molecule has 1 saturated carbocycles. The van der Waals surface area contributed by atoms with Crippen molar-refractivity contribution >= 4 is 33.5 Å². The maximum absolute atomic E-state index is 5.70. The van der Waals surface area contributed by atoms with Crippen molar-refractivity contribution in [3.8, 4) is 0 Å². The summed E-state index contributed by atoms with van der Waals surface area (Å²) in [5.41, 5.74) is 5.70. The van der Waals surface area contributed by atoms with Crippen molar-refractivity contribution in [3.05, 3.63) is 10.7 Å². The van der Waals surface area contributed by atoms with E-state index in [4.69, 9.17) is 5.73 Å². The number of halogens is 1. The highest BCUT2D eigenvalue weighted by Gasteiger charge is 2.22. The van der Waals surface area contributed by atoms with Crippen molar-refractivity contribution in [1.29, 1.82) is 0 Å². The predicted octanol–water partition coefficient (Wildman–Crippen LogP) is 2.07. The zero-order valence-corrected chi connectivity index (χ0v) is 12.4. The molecule has 100 valence electrons. The van der Waals surface area contributed by atoms with Gasteiger partial charge in [0.05, 0.1) is 6.04 Å². The van der Waals surface area contributed by atoms with E-state index in [-0.39, 0.29) is 0 Å². The van der Waals surface area contributed by atoms with Gasteiger partial charge in [0.1, 0.15) is 10.4 Å². The summed E-state index contributed by atoms with van der Waals surface area (Å²) in [7, 11) is 0. The van der Waals surface area contributed by atoms with Crippen molar-refractivity contribution in [2.75, 3.05) is 5.73 Å². The standard InChI is InChI=1S/C10H12BrN7S/c11-7-5-8(12)14-9(13-7)19-10-15-16-17-18(10)6-3-1-2-4-6/h5-6H,1-4H2,(H2,12,13,14). The molecule has 0 spiro atoms. The number of rotatable bonds is 3. The molecule has 0 bridgehead atoms. The van der Waals surface area contributed by atoms with Crippen LogP contribution in [0, 0.1) is 0 Å². The summed E-state index contributed by atoms with van der Waals surface area (Å²) >= 11 is 4.63. The lowest BCUT2D eigenvalue weighted by atomic mass is 10.3. The second kappa shape index (κ2) is 5.41. The van der Waals surface area contributed by atoms with Gasteiger partial charge in [-0.25, -0.2) is 14.6 Å². The van der Waals surface area contributed by atoms with Gasteiger partial charge in [-0.15, -0.1) is 5.10 Å². The van der Waals surface area contributed by atoms with Gasteiger partial charge in [0.25, 0.3) is 0 Å². The van der Waals surface area contributed by atoms with Crippen LogP contribution in [0.25, 0.3) is 0 Å². The molecule has 0 atom stereocenters. The number of aromatic nitrogens is 6. The fourth-order valence-electron chi connectivity index (χ4n) is 2.17. The maximum Gasteiger partial charge on any atom is 0.217 e. The Balaban J connectivity index is 1.85. The van der Waals surface area contributed by atoms with Crippen molar-refractivity contribution in [2.24, 2.45) is 0 Å². The summed E-state index contributed by atoms with van der Waals surface area (Å²) in [4.78, 5) is 8.42. The van der Waals surface area contributed by atoms with Crippen LogP contribution in [0.15, 0.2) is 21.0 Å². The number of anilines is 1. The van der Waals surface area contributed by atoms with Crippen LogP contribution in [0.3, 0.4) is 0 Å². The third-order valence-corrected chi connectivity index (χ3v) is 4.23. The lowest BCUT2D eigenvalue weighted by Gasteiger charge is -2.10. The van der Waals surface area contributed by atoms with E-state index >= 15 is 0 Å². The van der Waals surface area contributed by atoms with Crippen molar-refractivity contribution in [1.82, 2.24) is 30.2 Å². The topological polar surface area (TPSA) is 95.4 Å². The number of nitrogen functional groups attached to an aromatic ring is 1. The molecule has 2 aromatic rings. The second-order valence-corrected chi connectivity index (χ2v) is 6.09. The molecule has 2 heterocycles. The van der Waals surface area contributed by atoms with E-state index in [2.05, 4.69) is 41.4 Å². The number of hydrogen-bond donors (Lipinski definition) is 1. The Kier molecular flexibility index (Phi) is 3.65. The van der Waals surface area contributed by atoms with E-state index in [1.54, 1.807) is 6.07 Å². The first kappa shape index (κ1) is 12.8. The first-order chi connectivity index (χ1) is 9.22. The molecule has 0 radical (unpaired) electrons. The number of tetrazole rings is 1. The highest BCUT2D eigenvalue weighted by Crippen LogP contribution is 2.33. The molecule has 0 amide bonds. The Morgan fingerprint density at radius 1 is 1.32 bits per heavy atom. The van der Waals surface area contributed by atoms with Crippen molar-refractivity contribution < 1.29 is 0 Å². The normalized spacial score (nSPS) is 16.1. The Labute approximate surface area is 122 Å². The van der Waals surface area contributed by atoms with Crippen LogP contribution < -0.4 is 5.73 Å². The monoisotopic (exact) mass is 341 g/mol. The van der Waals surface area contributed by atoms with E-state index in [0.717, 1.165) is 12.8 Å². The van der Waals surface area contributed by atoms with Crippen molar-refractivity contribution in [2.45, 2.75) is 42.0 Å². The van der Waals surface area contributed by atoms with Gasteiger partial charge in [0.2, 0.25) is 5.16 Å². The summed E-state index contributed by atoms with van der Waals surface area (Å²) in [6, 6.07) is 2.05. The summed E-state index contributed by atoms with van der Waals surface area (Å²) in [6.07, 6.45) is 4.71. The molecule has 0 saturated heterocycles. The molecular weight excluding hydrogens is 330 g/mol. The molecule has 0 aliphatic heterocycles. The van der Waals surface area contributed by atoms with E-state index in [0.29, 0.717) is 26.8 Å². The largest absolute Gasteiger partial charge is 0.384 e. The number of nitrogens with two attached hydrogens (primary N) is 1. The van der Waals surface area contributed by atoms with Crippen LogP contribution in [-0.2, 0) is 0 Å². The summed E-state index contributed by atoms with van der Waals surface area (Å²) in [5, 5.41) is 13.1. The van der Waals surface area contributed by atoms with Gasteiger partial charge < -0.3 is 5.73 Å². The second-order valence-electron chi connectivity index (χ2n) is 4.34. The van der Waals surface area contributed by atoms with E-state index < -0.39 is 0 Å². The molecule has 1 fully saturated rings. The zero-order chi connectivity index (χ0) is 13.2. The summed E-state index contributed by atoms with van der Waals surface area (Å²) in [5.74, 6) is 0.421. The Morgan fingerprint density at radius 2 is 2.11 bits per heavy atom. The van der Waals surface area contributed by atoms with Gasteiger partial charge in [0, 0.05) is 6.07 Å². The lowest BCUT2D eigenvalue weighted by molar-refractivity contribution is 0.423. The third-order valence-electron chi connectivity index (χ3n) is 3.01. The molecule has 3 rings (SSSR count). The van der Waals surface area contributed by atoms with Crippen LogP contribution >= 0.6 is 27.7 Å². The molecular formula is C10H12BrN7S. The van der Waals surface area contributed by atoms with Crippen molar-refractivity contribution in [3.63, 3.8) is 0 Å². The highest BCUT2D eigenvalue weighted by atomic mass is 79.9. The molecule has 0 aromatic carbocycles. The molecule has 1 aliphatic rings. The minimum atomic E-state index is 0.391. The SMILES string of the molecule is Nc1cc(Br)nc(Sc2nnnn2C2CCCC2)n1. The predicted molar refractivity (Wildman–Crippen MR) is 73.6 cm³/mol. The molecule has 2 N–H and O–H groups in total. The Morgan fingerprint density at radius 3 is 2.84 bits per heavy atom. The van der Waals surface area contributed by atoms with E-state index in [1.165, 1.54) is 24.6 Å². The van der Waals surface area contributed by atoms with Gasteiger partial charge in [0.15, 0.2) is 5.16 Å². The summed E-state index contributed by atoms with van der Waals surface area (Å²) in [6.45, 7) is 0. The minimum absolute atomic E-state index is 0.391. The molecule has 0 unspecified atom stereocenters. The molecule has 7 nitrogen and oxygen atoms in total. The van der Waals surface area contributed by atoms with Gasteiger partial charge in [-0.2, -0.15) is 0 Å². The zero-order valence-electron chi connectivity index (χ0n) is 10.0. The van der Waals surface area contributed by atoms with Crippen LogP contribution in [0.5, 0.6) is 0 Å². The summed E-state index contributed by atoms with van der Waals surface area (Å²) < 4.78 is 2.53. The van der Waals surface area contributed by atoms with Gasteiger partial charge in [-0.3, -0.25) is 0 Å². The maximum atomic E-state index is 5.70. The van der Waals surface area contributed by atoms with Crippen LogP contribution in [0.1, 0.15) is 31.7 Å².